The van der Waals surface area contributed by atoms with Crippen LogP contribution >= 0.6 is 0 Å². The van der Waals surface area contributed by atoms with Crippen LogP contribution in [-0.2, 0) is 4.79 Å². The van der Waals surface area contributed by atoms with Crippen LogP contribution in [0.1, 0.15) is 45.1 Å². The Kier molecular flexibility index (Phi) is 1.56. The minimum Gasteiger partial charge on any atom is -0.481 e. The molecule has 0 aromatic heterocycles. The Morgan fingerprint density at radius 2 is 1.91 bits per heavy atom. The van der Waals surface area contributed by atoms with E-state index in [1.54, 1.807) is 20.8 Å². The first-order valence-electron chi connectivity index (χ1n) is 5.13. The fraction of sp³-hybridized carbons (Fsp3) is 0.889. The van der Waals surface area contributed by atoms with E-state index >= 15 is 0 Å². The Labute approximate surface area is 72.8 Å². The summed E-state index contributed by atoms with van der Waals surface area (Å²) in [5.74, 6) is -1.07. The van der Waals surface area contributed by atoms with Gasteiger partial charge in [-0.2, -0.15) is 0 Å². The van der Waals surface area contributed by atoms with Crippen molar-refractivity contribution in [1.82, 2.24) is 0 Å². The molecule has 1 N–H and O–H groups in total. The molecule has 0 saturated heterocycles. The van der Waals surface area contributed by atoms with Gasteiger partial charge in [0.2, 0.25) is 0 Å². The molecule has 0 amide bonds. The highest BCUT2D eigenvalue weighted by Crippen LogP contribution is 2.40. The van der Waals surface area contributed by atoms with Crippen LogP contribution in [0.3, 0.4) is 0 Å². The second kappa shape index (κ2) is 2.84. The summed E-state index contributed by atoms with van der Waals surface area (Å²) in [4.78, 5) is 10.7. The average molecular weight is 161 g/mol. The highest BCUT2D eigenvalue weighted by atomic mass is 16.4. The minimum atomic E-state index is -2.26. The molecular formula is C9H18O2. The third-order valence-electron chi connectivity index (χ3n) is 2.16. The monoisotopic (exact) mass is 161 g/mol. The summed E-state index contributed by atoms with van der Waals surface area (Å²) in [5, 5.41) is 8.73. The van der Waals surface area contributed by atoms with Gasteiger partial charge < -0.3 is 5.11 Å². The van der Waals surface area contributed by atoms with Crippen molar-refractivity contribution in [3.63, 3.8) is 0 Å². The second-order valence-electron chi connectivity index (χ2n) is 4.15. The zero-order valence-electron chi connectivity index (χ0n) is 10.6. The molecule has 0 bridgehead atoms. The van der Waals surface area contributed by atoms with Crippen LogP contribution in [0, 0.1) is 10.8 Å². The number of carbonyl (C=O) groups is 1. The lowest BCUT2D eigenvalue weighted by molar-refractivity contribution is -0.141. The molecule has 2 nitrogen and oxygen atoms in total. The van der Waals surface area contributed by atoms with E-state index in [-0.39, 0.29) is 6.42 Å². The van der Waals surface area contributed by atoms with Crippen molar-refractivity contribution in [2.75, 3.05) is 0 Å². The van der Waals surface area contributed by atoms with Crippen molar-refractivity contribution < 1.29 is 14.0 Å². The molecule has 0 saturated carbocycles. The van der Waals surface area contributed by atoms with Gasteiger partial charge in [-0.05, 0) is 10.8 Å². The van der Waals surface area contributed by atoms with Gasteiger partial charge >= 0.3 is 5.97 Å². The molecule has 0 aliphatic heterocycles. The fourth-order valence-electron chi connectivity index (χ4n) is 0.568. The predicted octanol–water partition coefficient (Wildman–Crippen LogP) is 2.53. The fourth-order valence-corrected chi connectivity index (χ4v) is 0.568. The van der Waals surface area contributed by atoms with Crippen LogP contribution in [0.2, 0.25) is 0 Å². The van der Waals surface area contributed by atoms with Crippen molar-refractivity contribution in [2.45, 2.75) is 41.0 Å². The number of aliphatic carboxylic acids is 1. The van der Waals surface area contributed by atoms with E-state index in [1.807, 2.05) is 0 Å². The standard InChI is InChI=1S/C9H18O2/c1-8(2,3)9(4,5)6-7(10)11/h6H2,1-5H3,(H,10,11)/i4D3. The zero-order valence-corrected chi connectivity index (χ0v) is 7.56. The summed E-state index contributed by atoms with van der Waals surface area (Å²) in [6.45, 7) is 4.50. The van der Waals surface area contributed by atoms with Gasteiger partial charge in [-0.25, -0.2) is 0 Å². The lowest BCUT2D eigenvalue weighted by Crippen LogP contribution is -2.31. The Hall–Kier alpha value is -0.530. The lowest BCUT2D eigenvalue weighted by atomic mass is 9.67. The molecular weight excluding hydrogens is 140 g/mol. The number of hydrogen-bond acceptors (Lipinski definition) is 1. The third-order valence-corrected chi connectivity index (χ3v) is 2.16. The predicted molar refractivity (Wildman–Crippen MR) is 45.5 cm³/mol. The molecule has 0 aliphatic rings. The van der Waals surface area contributed by atoms with E-state index < -0.39 is 23.7 Å². The highest BCUT2D eigenvalue weighted by Gasteiger charge is 2.34. The van der Waals surface area contributed by atoms with E-state index in [2.05, 4.69) is 0 Å². The van der Waals surface area contributed by atoms with Gasteiger partial charge in [0, 0.05) is 4.11 Å². The summed E-state index contributed by atoms with van der Waals surface area (Å²) < 4.78 is 22.2. The molecule has 0 heterocycles. The summed E-state index contributed by atoms with van der Waals surface area (Å²) >= 11 is 0. The molecule has 1 atom stereocenters. The molecule has 0 aromatic rings. The number of carboxylic acid groups (broad SMARTS) is 1. The first-order valence-corrected chi connectivity index (χ1v) is 3.63. The molecule has 0 radical (unpaired) electrons. The van der Waals surface area contributed by atoms with Crippen LogP contribution in [0.5, 0.6) is 0 Å². The first kappa shape index (κ1) is 6.04. The zero-order chi connectivity index (χ0) is 11.8. The van der Waals surface area contributed by atoms with Gasteiger partial charge in [-0.1, -0.05) is 34.5 Å². The van der Waals surface area contributed by atoms with Gasteiger partial charge in [0.1, 0.15) is 0 Å². The summed E-state index contributed by atoms with van der Waals surface area (Å²) in [5.41, 5.74) is -1.78. The smallest absolute Gasteiger partial charge is 0.303 e. The SMILES string of the molecule is [2H]C([2H])([2H])C(C)(CC(=O)O)C(C)(C)C. The van der Waals surface area contributed by atoms with E-state index in [0.29, 0.717) is 0 Å². The van der Waals surface area contributed by atoms with Gasteiger partial charge in [-0.3, -0.25) is 4.79 Å². The molecule has 2 heteroatoms. The normalized spacial score (nSPS) is 22.7. The average Bonchev–Trinajstić information content (AvgIpc) is 1.79. The number of rotatable bonds is 2. The number of hydrogen-bond donors (Lipinski definition) is 1. The minimum absolute atomic E-state index is 0.340. The Bertz CT molecular complexity index is 211. The van der Waals surface area contributed by atoms with Gasteiger partial charge in [-0.15, -0.1) is 0 Å². The molecule has 0 spiro atoms. The maximum atomic E-state index is 10.7. The highest BCUT2D eigenvalue weighted by molar-refractivity contribution is 5.67. The maximum Gasteiger partial charge on any atom is 0.303 e. The maximum absolute atomic E-state index is 10.7. The first-order chi connectivity index (χ1) is 5.92. The lowest BCUT2D eigenvalue weighted by Gasteiger charge is -2.37. The molecule has 0 rings (SSSR count). The van der Waals surface area contributed by atoms with E-state index in [0.717, 1.165) is 0 Å². The summed E-state index contributed by atoms with van der Waals surface area (Å²) in [7, 11) is 0. The third kappa shape index (κ3) is 2.91. The Morgan fingerprint density at radius 3 is 2.00 bits per heavy atom. The van der Waals surface area contributed by atoms with Crippen LogP contribution in [0.4, 0.5) is 0 Å². The number of carboxylic acids is 1. The van der Waals surface area contributed by atoms with E-state index in [1.165, 1.54) is 6.92 Å². The quantitative estimate of drug-likeness (QED) is 0.675. The largest absolute Gasteiger partial charge is 0.481 e. The van der Waals surface area contributed by atoms with Crippen molar-refractivity contribution >= 4 is 5.97 Å². The molecule has 0 fully saturated rings. The second-order valence-corrected chi connectivity index (χ2v) is 4.15. The van der Waals surface area contributed by atoms with Crippen molar-refractivity contribution in [1.29, 1.82) is 0 Å². The van der Waals surface area contributed by atoms with Crippen LogP contribution in [-0.4, -0.2) is 11.1 Å². The molecule has 0 aliphatic carbocycles. The van der Waals surface area contributed by atoms with E-state index in [4.69, 9.17) is 9.22 Å². The van der Waals surface area contributed by atoms with Gasteiger partial charge in [0.25, 0.3) is 0 Å². The van der Waals surface area contributed by atoms with Crippen molar-refractivity contribution in [3.8, 4) is 0 Å². The van der Waals surface area contributed by atoms with Crippen LogP contribution < -0.4 is 0 Å². The topological polar surface area (TPSA) is 37.3 Å². The van der Waals surface area contributed by atoms with Crippen LogP contribution in [0.15, 0.2) is 0 Å². The van der Waals surface area contributed by atoms with Crippen LogP contribution in [0.25, 0.3) is 0 Å². The Balaban J connectivity index is 5.18. The van der Waals surface area contributed by atoms with E-state index in [9.17, 15) is 4.79 Å². The molecule has 0 aromatic carbocycles. The van der Waals surface area contributed by atoms with Gasteiger partial charge in [0.15, 0.2) is 0 Å². The van der Waals surface area contributed by atoms with Crippen molar-refractivity contribution in [2.24, 2.45) is 10.8 Å². The van der Waals surface area contributed by atoms with Gasteiger partial charge in [0.05, 0.1) is 6.42 Å². The molecule has 1 unspecified atom stereocenters. The molecule has 11 heavy (non-hydrogen) atoms. The summed E-state index contributed by atoms with van der Waals surface area (Å²) in [6.07, 6.45) is -0.340. The van der Waals surface area contributed by atoms with Crippen molar-refractivity contribution in [3.05, 3.63) is 0 Å². The Morgan fingerprint density at radius 1 is 1.45 bits per heavy atom. The molecule has 66 valence electrons. The summed E-state index contributed by atoms with van der Waals surface area (Å²) in [6, 6.07) is 0.